The normalized spacial score (nSPS) is 20.0. The summed E-state index contributed by atoms with van der Waals surface area (Å²) < 4.78 is 5.62. The zero-order chi connectivity index (χ0) is 19.6. The third-order valence-electron chi connectivity index (χ3n) is 5.15. The molecule has 1 saturated heterocycles. The zero-order valence-electron chi connectivity index (χ0n) is 16.2. The van der Waals surface area contributed by atoms with Crippen molar-refractivity contribution >= 4 is 23.4 Å². The molecule has 0 radical (unpaired) electrons. The van der Waals surface area contributed by atoms with E-state index in [1.807, 2.05) is 11.8 Å². The molecule has 2 aliphatic rings. The van der Waals surface area contributed by atoms with E-state index in [2.05, 4.69) is 0 Å². The van der Waals surface area contributed by atoms with Gasteiger partial charge in [-0.15, -0.1) is 0 Å². The Hall–Kier alpha value is -2.57. The molecular weight excluding hydrogens is 346 g/mol. The molecule has 0 bridgehead atoms. The first-order valence-corrected chi connectivity index (χ1v) is 9.57. The maximum atomic E-state index is 13.0. The van der Waals surface area contributed by atoms with Crippen LogP contribution in [-0.2, 0) is 9.59 Å². The molecular formula is C20H27N3O4. The first kappa shape index (κ1) is 19.2. The van der Waals surface area contributed by atoms with Crippen molar-refractivity contribution in [3.63, 3.8) is 0 Å². The average molecular weight is 373 g/mol. The predicted octanol–water partition coefficient (Wildman–Crippen LogP) is 1.90. The molecule has 2 heterocycles. The van der Waals surface area contributed by atoms with Crippen molar-refractivity contribution in [1.82, 2.24) is 9.80 Å². The van der Waals surface area contributed by atoms with Crippen LogP contribution >= 0.6 is 0 Å². The van der Waals surface area contributed by atoms with E-state index in [1.165, 1.54) is 4.90 Å². The van der Waals surface area contributed by atoms with Gasteiger partial charge in [-0.2, -0.15) is 0 Å². The Balaban J connectivity index is 1.73. The van der Waals surface area contributed by atoms with Crippen LogP contribution < -0.4 is 9.64 Å². The Labute approximate surface area is 159 Å². The monoisotopic (exact) mass is 373 g/mol. The summed E-state index contributed by atoms with van der Waals surface area (Å²) in [4.78, 5) is 42.4. The van der Waals surface area contributed by atoms with Crippen LogP contribution in [0.15, 0.2) is 18.2 Å². The van der Waals surface area contributed by atoms with E-state index in [9.17, 15) is 14.4 Å². The number of likely N-dealkylation sites (N-methyl/N-ethyl adjacent to an activating group) is 1. The van der Waals surface area contributed by atoms with E-state index in [4.69, 9.17) is 4.74 Å². The molecule has 2 aliphatic heterocycles. The van der Waals surface area contributed by atoms with Crippen LogP contribution in [0.25, 0.3) is 0 Å². The van der Waals surface area contributed by atoms with Crippen LogP contribution in [0.2, 0.25) is 0 Å². The lowest BCUT2D eigenvalue weighted by atomic mass is 10.1. The van der Waals surface area contributed by atoms with E-state index >= 15 is 0 Å². The van der Waals surface area contributed by atoms with Gasteiger partial charge >= 0.3 is 0 Å². The summed E-state index contributed by atoms with van der Waals surface area (Å²) in [6, 6.07) is 5.20. The van der Waals surface area contributed by atoms with Gasteiger partial charge in [-0.3, -0.25) is 14.4 Å². The molecule has 7 nitrogen and oxygen atoms in total. The topological polar surface area (TPSA) is 70.2 Å². The quantitative estimate of drug-likeness (QED) is 0.811. The summed E-state index contributed by atoms with van der Waals surface area (Å²) in [7, 11) is 1.69. The third-order valence-corrected chi connectivity index (χ3v) is 5.15. The Bertz CT molecular complexity index is 749. The lowest BCUT2D eigenvalue weighted by Crippen LogP contribution is -2.42. The van der Waals surface area contributed by atoms with Crippen molar-refractivity contribution < 1.29 is 19.1 Å². The smallest absolute Gasteiger partial charge is 0.267 e. The number of rotatable bonds is 3. The minimum Gasteiger partial charge on any atom is -0.479 e. The first-order valence-electron chi connectivity index (χ1n) is 9.57. The molecule has 1 fully saturated rings. The van der Waals surface area contributed by atoms with Gasteiger partial charge in [-0.1, -0.05) is 6.92 Å². The molecule has 3 rings (SSSR count). The molecule has 7 heteroatoms. The van der Waals surface area contributed by atoms with Crippen LogP contribution in [0.1, 0.15) is 43.5 Å². The predicted molar refractivity (Wildman–Crippen MR) is 102 cm³/mol. The fraction of sp³-hybridized carbons (Fsp3) is 0.550. The van der Waals surface area contributed by atoms with Crippen LogP contribution in [-0.4, -0.2) is 66.9 Å². The van der Waals surface area contributed by atoms with Gasteiger partial charge in [0.1, 0.15) is 5.75 Å². The van der Waals surface area contributed by atoms with Crippen LogP contribution in [0.4, 0.5) is 5.69 Å². The number of carbonyl (C=O) groups is 3. The number of ether oxygens (including phenoxy) is 1. The second-order valence-corrected chi connectivity index (χ2v) is 7.12. The highest BCUT2D eigenvalue weighted by Crippen LogP contribution is 2.34. The number of anilines is 1. The highest BCUT2D eigenvalue weighted by molar-refractivity contribution is 6.02. The van der Waals surface area contributed by atoms with Crippen molar-refractivity contribution in [3.8, 4) is 5.75 Å². The highest BCUT2D eigenvalue weighted by atomic mass is 16.5. The number of carbonyl (C=O) groups excluding carboxylic acids is 3. The fourth-order valence-corrected chi connectivity index (χ4v) is 3.57. The third kappa shape index (κ3) is 3.91. The summed E-state index contributed by atoms with van der Waals surface area (Å²) in [6.07, 6.45) is 1.63. The van der Waals surface area contributed by atoms with Gasteiger partial charge in [-0.05, 0) is 38.0 Å². The average Bonchev–Trinajstić information content (AvgIpc) is 2.92. The van der Waals surface area contributed by atoms with Crippen molar-refractivity contribution in [1.29, 1.82) is 0 Å². The Morgan fingerprint density at radius 1 is 1.15 bits per heavy atom. The van der Waals surface area contributed by atoms with Gasteiger partial charge in [0.15, 0.2) is 6.10 Å². The molecule has 0 saturated carbocycles. The second-order valence-electron chi connectivity index (χ2n) is 7.12. The molecule has 27 heavy (non-hydrogen) atoms. The number of amides is 3. The van der Waals surface area contributed by atoms with Crippen LogP contribution in [0.3, 0.4) is 0 Å². The summed E-state index contributed by atoms with van der Waals surface area (Å²) in [6.45, 7) is 6.10. The molecule has 146 valence electrons. The number of hydrogen-bond donors (Lipinski definition) is 0. The molecule has 1 unspecified atom stereocenters. The fourth-order valence-electron chi connectivity index (χ4n) is 3.57. The van der Waals surface area contributed by atoms with E-state index in [1.54, 1.807) is 37.1 Å². The number of nitrogens with zero attached hydrogens (tertiary/aromatic N) is 3. The summed E-state index contributed by atoms with van der Waals surface area (Å²) in [5.41, 5.74) is 1.14. The maximum Gasteiger partial charge on any atom is 0.267 e. The highest BCUT2D eigenvalue weighted by Gasteiger charge is 2.30. The molecule has 0 N–H and O–H groups in total. The summed E-state index contributed by atoms with van der Waals surface area (Å²) in [5.74, 6) is 0.550. The van der Waals surface area contributed by atoms with E-state index in [0.29, 0.717) is 49.6 Å². The lowest BCUT2D eigenvalue weighted by molar-refractivity contribution is -0.131. The van der Waals surface area contributed by atoms with E-state index in [-0.39, 0.29) is 17.7 Å². The molecule has 1 aromatic rings. The Kier molecular flexibility index (Phi) is 5.68. The number of hydrogen-bond acceptors (Lipinski definition) is 4. The van der Waals surface area contributed by atoms with Gasteiger partial charge in [0.2, 0.25) is 5.91 Å². The second kappa shape index (κ2) is 7.98. The minimum absolute atomic E-state index is 0.0814. The van der Waals surface area contributed by atoms with Crippen molar-refractivity contribution in [2.24, 2.45) is 0 Å². The van der Waals surface area contributed by atoms with E-state index in [0.717, 1.165) is 12.8 Å². The number of benzene rings is 1. The van der Waals surface area contributed by atoms with Crippen molar-refractivity contribution in [2.45, 2.75) is 39.2 Å². The first-order chi connectivity index (χ1) is 12.9. The summed E-state index contributed by atoms with van der Waals surface area (Å²) in [5, 5.41) is 0. The molecule has 0 spiro atoms. The largest absolute Gasteiger partial charge is 0.479 e. The van der Waals surface area contributed by atoms with Gasteiger partial charge in [0, 0.05) is 45.2 Å². The minimum atomic E-state index is -0.527. The number of fused-ring (bicyclic) bond motifs is 1. The van der Waals surface area contributed by atoms with Gasteiger partial charge in [0.25, 0.3) is 11.8 Å². The zero-order valence-corrected chi connectivity index (χ0v) is 16.2. The maximum absolute atomic E-state index is 13.0. The van der Waals surface area contributed by atoms with Gasteiger partial charge in [-0.25, -0.2) is 0 Å². The van der Waals surface area contributed by atoms with Gasteiger partial charge in [0.05, 0.1) is 5.69 Å². The van der Waals surface area contributed by atoms with Gasteiger partial charge < -0.3 is 19.4 Å². The lowest BCUT2D eigenvalue weighted by Gasteiger charge is -2.31. The van der Waals surface area contributed by atoms with Crippen LogP contribution in [0, 0.1) is 0 Å². The molecule has 0 aromatic heterocycles. The molecule has 1 atom stereocenters. The Morgan fingerprint density at radius 2 is 1.85 bits per heavy atom. The molecule has 3 amide bonds. The van der Waals surface area contributed by atoms with Crippen molar-refractivity contribution in [2.75, 3.05) is 38.1 Å². The Morgan fingerprint density at radius 3 is 2.59 bits per heavy atom. The van der Waals surface area contributed by atoms with E-state index < -0.39 is 6.10 Å². The SMILES string of the molecule is CCCC(=O)N1CCCN(C(=O)c2ccc3c(c2)N(C)C(=O)C(C)O3)CC1. The molecule has 0 aliphatic carbocycles. The van der Waals surface area contributed by atoms with Crippen LogP contribution in [0.5, 0.6) is 5.75 Å². The van der Waals surface area contributed by atoms with Crippen molar-refractivity contribution in [3.05, 3.63) is 23.8 Å². The summed E-state index contributed by atoms with van der Waals surface area (Å²) >= 11 is 0. The molecule has 1 aromatic carbocycles. The standard InChI is InChI=1S/C20H27N3O4/c1-4-6-18(24)22-9-5-10-23(12-11-22)20(26)15-7-8-17-16(13-15)21(3)19(25)14(2)27-17/h7-8,13-14H,4-6,9-12H2,1-3H3.